The van der Waals surface area contributed by atoms with Crippen molar-refractivity contribution in [3.63, 3.8) is 0 Å². The molecule has 1 unspecified atom stereocenters. The highest BCUT2D eigenvalue weighted by Gasteiger charge is 2.29. The molecule has 0 saturated carbocycles. The van der Waals surface area contributed by atoms with Gasteiger partial charge in [0.1, 0.15) is 5.75 Å². The zero-order valence-corrected chi connectivity index (χ0v) is 11.6. The zero-order chi connectivity index (χ0) is 13.2. The molecule has 1 heterocycles. The zero-order valence-electron chi connectivity index (χ0n) is 11.6. The minimum absolute atomic E-state index is 0.400. The average Bonchev–Trinajstić information content (AvgIpc) is 2.46. The van der Waals surface area contributed by atoms with Gasteiger partial charge in [-0.15, -0.1) is 0 Å². The molecular formula is C16H23NO2. The number of phenolic OH excluding ortho intramolecular Hbond substituents is 1. The van der Waals surface area contributed by atoms with Crippen molar-refractivity contribution < 1.29 is 9.84 Å². The van der Waals surface area contributed by atoms with Crippen LogP contribution in [0.4, 0.5) is 0 Å². The number of rotatable bonds is 2. The maximum atomic E-state index is 9.62. The monoisotopic (exact) mass is 261 g/mol. The Morgan fingerprint density at radius 3 is 2.74 bits per heavy atom. The third-order valence-corrected chi connectivity index (χ3v) is 4.66. The molecule has 0 amide bonds. The van der Waals surface area contributed by atoms with Gasteiger partial charge in [0.2, 0.25) is 0 Å². The summed E-state index contributed by atoms with van der Waals surface area (Å²) < 4.78 is 5.45. The van der Waals surface area contributed by atoms with E-state index in [1.165, 1.54) is 24.0 Å². The number of aromatic hydroxyl groups is 1. The van der Waals surface area contributed by atoms with Crippen LogP contribution in [0.25, 0.3) is 0 Å². The number of fused-ring (bicyclic) bond motifs is 1. The van der Waals surface area contributed by atoms with Gasteiger partial charge in [0.25, 0.3) is 0 Å². The lowest BCUT2D eigenvalue weighted by molar-refractivity contribution is 0.0240. The van der Waals surface area contributed by atoms with Gasteiger partial charge in [-0.25, -0.2) is 0 Å². The van der Waals surface area contributed by atoms with Crippen LogP contribution in [-0.2, 0) is 11.2 Å². The fourth-order valence-corrected chi connectivity index (χ4v) is 3.58. The Hall–Kier alpha value is -1.06. The first-order valence-corrected chi connectivity index (χ1v) is 7.36. The third-order valence-electron chi connectivity index (χ3n) is 4.66. The van der Waals surface area contributed by atoms with E-state index in [0.717, 1.165) is 32.4 Å². The van der Waals surface area contributed by atoms with E-state index < -0.39 is 0 Å². The first-order chi connectivity index (χ1) is 9.28. The third kappa shape index (κ3) is 2.63. The highest BCUT2D eigenvalue weighted by Crippen LogP contribution is 2.37. The maximum absolute atomic E-state index is 9.62. The molecule has 1 atom stereocenters. The van der Waals surface area contributed by atoms with Crippen molar-refractivity contribution in [2.24, 2.45) is 0 Å². The SMILES string of the molecule is COC1CCN(C2CCCc3cc(O)ccc32)CC1. The second-order valence-corrected chi connectivity index (χ2v) is 5.76. The molecule has 3 nitrogen and oxygen atoms in total. The Kier molecular flexibility index (Phi) is 3.76. The Bertz CT molecular complexity index is 438. The number of ether oxygens (including phenoxy) is 1. The molecule has 1 aliphatic heterocycles. The first-order valence-electron chi connectivity index (χ1n) is 7.36. The summed E-state index contributed by atoms with van der Waals surface area (Å²) in [6.45, 7) is 2.26. The second kappa shape index (κ2) is 5.51. The summed E-state index contributed by atoms with van der Waals surface area (Å²) in [5, 5.41) is 9.62. The molecule has 0 spiro atoms. The molecule has 19 heavy (non-hydrogen) atoms. The van der Waals surface area contributed by atoms with Crippen LogP contribution < -0.4 is 0 Å². The number of hydrogen-bond donors (Lipinski definition) is 1. The standard InChI is InChI=1S/C16H23NO2/c1-19-14-7-9-17(10-8-14)16-4-2-3-12-11-13(18)5-6-15(12)16/h5-6,11,14,16,18H,2-4,7-10H2,1H3. The summed E-state index contributed by atoms with van der Waals surface area (Å²) in [5.41, 5.74) is 2.77. The number of phenols is 1. The van der Waals surface area contributed by atoms with Gasteiger partial charge in [-0.1, -0.05) is 6.07 Å². The minimum atomic E-state index is 0.400. The summed E-state index contributed by atoms with van der Waals surface area (Å²) >= 11 is 0. The van der Waals surface area contributed by atoms with Gasteiger partial charge >= 0.3 is 0 Å². The van der Waals surface area contributed by atoms with Crippen LogP contribution in [0.1, 0.15) is 42.9 Å². The number of piperidine rings is 1. The number of benzene rings is 1. The van der Waals surface area contributed by atoms with Crippen molar-refractivity contribution in [1.29, 1.82) is 0 Å². The number of likely N-dealkylation sites (tertiary alicyclic amines) is 1. The van der Waals surface area contributed by atoms with Crippen LogP contribution in [0.5, 0.6) is 5.75 Å². The Labute approximate surface area is 115 Å². The van der Waals surface area contributed by atoms with Gasteiger partial charge in [0.15, 0.2) is 0 Å². The van der Waals surface area contributed by atoms with Gasteiger partial charge in [-0.05, 0) is 55.4 Å². The highest BCUT2D eigenvalue weighted by molar-refractivity contribution is 5.38. The summed E-state index contributed by atoms with van der Waals surface area (Å²) in [6.07, 6.45) is 6.30. The van der Waals surface area contributed by atoms with E-state index in [9.17, 15) is 5.11 Å². The molecule has 2 aliphatic rings. The summed E-state index contributed by atoms with van der Waals surface area (Å²) in [5.74, 6) is 0.400. The smallest absolute Gasteiger partial charge is 0.115 e. The van der Waals surface area contributed by atoms with Crippen LogP contribution in [0.2, 0.25) is 0 Å². The normalized spacial score (nSPS) is 25.2. The maximum Gasteiger partial charge on any atom is 0.115 e. The fourth-order valence-electron chi connectivity index (χ4n) is 3.58. The Morgan fingerprint density at radius 2 is 2.00 bits per heavy atom. The van der Waals surface area contributed by atoms with Crippen LogP contribution in [0.3, 0.4) is 0 Å². The van der Waals surface area contributed by atoms with Crippen molar-refractivity contribution >= 4 is 0 Å². The van der Waals surface area contributed by atoms with E-state index in [4.69, 9.17) is 4.74 Å². The van der Waals surface area contributed by atoms with E-state index in [0.29, 0.717) is 17.9 Å². The molecule has 0 radical (unpaired) electrons. The molecule has 1 N–H and O–H groups in total. The molecule has 1 saturated heterocycles. The second-order valence-electron chi connectivity index (χ2n) is 5.76. The number of hydrogen-bond acceptors (Lipinski definition) is 3. The lowest BCUT2D eigenvalue weighted by Crippen LogP contribution is -2.40. The summed E-state index contributed by atoms with van der Waals surface area (Å²) in [4.78, 5) is 2.60. The largest absolute Gasteiger partial charge is 0.508 e. The number of methoxy groups -OCH3 is 1. The molecule has 1 aromatic rings. The van der Waals surface area contributed by atoms with Crippen molar-refractivity contribution in [2.45, 2.75) is 44.2 Å². The number of aryl methyl sites for hydroxylation is 1. The van der Waals surface area contributed by atoms with E-state index in [-0.39, 0.29) is 0 Å². The molecule has 1 aromatic carbocycles. The molecular weight excluding hydrogens is 238 g/mol. The van der Waals surface area contributed by atoms with Crippen molar-refractivity contribution in [2.75, 3.05) is 20.2 Å². The van der Waals surface area contributed by atoms with Gasteiger partial charge in [-0.3, -0.25) is 4.90 Å². The lowest BCUT2D eigenvalue weighted by Gasteiger charge is -2.40. The molecule has 1 aliphatic carbocycles. The van der Waals surface area contributed by atoms with Crippen molar-refractivity contribution in [1.82, 2.24) is 4.90 Å². The van der Waals surface area contributed by atoms with E-state index in [1.54, 1.807) is 0 Å². The molecule has 104 valence electrons. The lowest BCUT2D eigenvalue weighted by atomic mass is 9.85. The molecule has 0 bridgehead atoms. The predicted molar refractivity (Wildman–Crippen MR) is 75.4 cm³/mol. The van der Waals surface area contributed by atoms with Crippen LogP contribution >= 0.6 is 0 Å². The van der Waals surface area contributed by atoms with Gasteiger partial charge < -0.3 is 9.84 Å². The van der Waals surface area contributed by atoms with E-state index in [2.05, 4.69) is 11.0 Å². The summed E-state index contributed by atoms with van der Waals surface area (Å²) in [7, 11) is 1.82. The molecule has 0 aromatic heterocycles. The van der Waals surface area contributed by atoms with E-state index >= 15 is 0 Å². The van der Waals surface area contributed by atoms with Gasteiger partial charge in [-0.2, -0.15) is 0 Å². The van der Waals surface area contributed by atoms with Crippen LogP contribution in [0, 0.1) is 0 Å². The van der Waals surface area contributed by atoms with Crippen molar-refractivity contribution in [3.8, 4) is 5.75 Å². The molecule has 1 fully saturated rings. The van der Waals surface area contributed by atoms with Gasteiger partial charge in [0.05, 0.1) is 6.10 Å². The predicted octanol–water partition coefficient (Wildman–Crippen LogP) is 2.88. The Balaban J connectivity index is 1.77. The van der Waals surface area contributed by atoms with Crippen LogP contribution in [0.15, 0.2) is 18.2 Å². The Morgan fingerprint density at radius 1 is 1.21 bits per heavy atom. The minimum Gasteiger partial charge on any atom is -0.508 e. The summed E-state index contributed by atoms with van der Waals surface area (Å²) in [6, 6.07) is 6.45. The van der Waals surface area contributed by atoms with Crippen molar-refractivity contribution in [3.05, 3.63) is 29.3 Å². The highest BCUT2D eigenvalue weighted by atomic mass is 16.5. The van der Waals surface area contributed by atoms with Gasteiger partial charge in [0, 0.05) is 26.2 Å². The van der Waals surface area contributed by atoms with E-state index in [1.807, 2.05) is 19.2 Å². The molecule has 3 heteroatoms. The van der Waals surface area contributed by atoms with Crippen LogP contribution in [-0.4, -0.2) is 36.3 Å². The fraction of sp³-hybridized carbons (Fsp3) is 0.625. The quantitative estimate of drug-likeness (QED) is 0.888. The average molecular weight is 261 g/mol. The first kappa shape index (κ1) is 12.9. The number of nitrogens with zero attached hydrogens (tertiary/aromatic N) is 1. The topological polar surface area (TPSA) is 32.7 Å². The molecule has 3 rings (SSSR count).